The van der Waals surface area contributed by atoms with Gasteiger partial charge in [0.2, 0.25) is 0 Å². The first-order valence-corrected chi connectivity index (χ1v) is 7.65. The van der Waals surface area contributed by atoms with Crippen molar-refractivity contribution >= 4 is 15.7 Å². The van der Waals surface area contributed by atoms with E-state index in [1.54, 1.807) is 6.07 Å². The van der Waals surface area contributed by atoms with Gasteiger partial charge in [-0.3, -0.25) is 5.84 Å². The van der Waals surface area contributed by atoms with Gasteiger partial charge in [0.05, 0.1) is 11.8 Å². The largest absolute Gasteiger partial charge is 0.391 e. The minimum atomic E-state index is -3.80. The average molecular weight is 286 g/mol. The van der Waals surface area contributed by atoms with E-state index in [0.29, 0.717) is 12.8 Å². The van der Waals surface area contributed by atoms with Gasteiger partial charge in [0.25, 0.3) is 10.0 Å². The zero-order valence-electron chi connectivity index (χ0n) is 10.4. The maximum atomic E-state index is 12.2. The molecule has 1 aliphatic rings. The van der Waals surface area contributed by atoms with Crippen LogP contribution in [0.2, 0.25) is 0 Å². The van der Waals surface area contributed by atoms with Gasteiger partial charge in [-0.25, -0.2) is 18.1 Å². The van der Waals surface area contributed by atoms with Crippen molar-refractivity contribution in [1.29, 1.82) is 0 Å². The molecule has 1 aliphatic carbocycles. The molecule has 0 saturated heterocycles. The summed E-state index contributed by atoms with van der Waals surface area (Å²) in [5, 5.41) is 9.66. The minimum Gasteiger partial charge on any atom is -0.391 e. The van der Waals surface area contributed by atoms with Gasteiger partial charge in [-0.15, -0.1) is 0 Å². The number of nitrogen functional groups attached to an aromatic ring is 1. The lowest BCUT2D eigenvalue weighted by Gasteiger charge is -2.28. The van der Waals surface area contributed by atoms with Crippen LogP contribution in [0.15, 0.2) is 23.4 Å². The Morgan fingerprint density at radius 2 is 2.11 bits per heavy atom. The number of anilines is 1. The molecule has 1 aromatic rings. The second kappa shape index (κ2) is 5.83. The summed E-state index contributed by atoms with van der Waals surface area (Å²) in [6.07, 6.45) is 3.77. The van der Waals surface area contributed by atoms with Gasteiger partial charge in [0, 0.05) is 12.2 Å². The number of aliphatic hydroxyl groups excluding tert-OH is 1. The zero-order valence-corrected chi connectivity index (χ0v) is 11.2. The van der Waals surface area contributed by atoms with Crippen LogP contribution in [0.25, 0.3) is 0 Å². The first kappa shape index (κ1) is 14.2. The van der Waals surface area contributed by atoms with E-state index in [0.717, 1.165) is 12.8 Å². The predicted octanol–water partition coefficient (Wildman–Crippen LogP) is -0.0510. The van der Waals surface area contributed by atoms with Crippen molar-refractivity contribution in [2.45, 2.75) is 42.9 Å². The third-order valence-corrected chi connectivity index (χ3v) is 4.66. The summed E-state index contributed by atoms with van der Waals surface area (Å²) in [5.41, 5.74) is 2.53. The highest BCUT2D eigenvalue weighted by Crippen LogP contribution is 2.22. The topological polar surface area (TPSA) is 117 Å². The van der Waals surface area contributed by atoms with Crippen molar-refractivity contribution in [1.82, 2.24) is 9.71 Å². The molecule has 7 nitrogen and oxygen atoms in total. The van der Waals surface area contributed by atoms with Crippen molar-refractivity contribution < 1.29 is 13.5 Å². The molecule has 0 amide bonds. The first-order valence-electron chi connectivity index (χ1n) is 6.16. The third-order valence-electron chi connectivity index (χ3n) is 3.22. The average Bonchev–Trinajstić information content (AvgIpc) is 2.41. The maximum Gasteiger partial charge on any atom is 0.260 e. The van der Waals surface area contributed by atoms with Crippen LogP contribution in [-0.2, 0) is 10.0 Å². The SMILES string of the molecule is NNc1cccnc1S(=O)(=O)NC1CCCCC1O. The molecule has 1 fully saturated rings. The molecular weight excluding hydrogens is 268 g/mol. The molecule has 1 heterocycles. The molecule has 19 heavy (non-hydrogen) atoms. The number of pyridine rings is 1. The summed E-state index contributed by atoms with van der Waals surface area (Å²) < 4.78 is 27.0. The quantitative estimate of drug-likeness (QED) is 0.455. The smallest absolute Gasteiger partial charge is 0.260 e. The Morgan fingerprint density at radius 1 is 1.37 bits per heavy atom. The molecule has 1 aromatic heterocycles. The lowest BCUT2D eigenvalue weighted by Crippen LogP contribution is -2.45. The normalized spacial score (nSPS) is 24.1. The second-order valence-corrected chi connectivity index (χ2v) is 6.21. The summed E-state index contributed by atoms with van der Waals surface area (Å²) in [6.45, 7) is 0. The minimum absolute atomic E-state index is 0.157. The van der Waals surface area contributed by atoms with Gasteiger partial charge in [-0.1, -0.05) is 12.8 Å². The van der Waals surface area contributed by atoms with Crippen LogP contribution in [0.4, 0.5) is 5.69 Å². The molecule has 0 radical (unpaired) electrons. The number of hydrogen-bond donors (Lipinski definition) is 4. The number of nitrogens with zero attached hydrogens (tertiary/aromatic N) is 1. The number of aromatic nitrogens is 1. The molecule has 106 valence electrons. The monoisotopic (exact) mass is 286 g/mol. The molecule has 5 N–H and O–H groups in total. The highest BCUT2D eigenvalue weighted by Gasteiger charge is 2.29. The van der Waals surface area contributed by atoms with Gasteiger partial charge in [0.15, 0.2) is 5.03 Å². The van der Waals surface area contributed by atoms with Crippen LogP contribution in [0.1, 0.15) is 25.7 Å². The molecule has 0 spiro atoms. The summed E-state index contributed by atoms with van der Waals surface area (Å²) in [5.74, 6) is 5.28. The van der Waals surface area contributed by atoms with Crippen LogP contribution in [-0.4, -0.2) is 30.7 Å². The summed E-state index contributed by atoms with van der Waals surface area (Å²) >= 11 is 0. The highest BCUT2D eigenvalue weighted by molar-refractivity contribution is 7.89. The van der Waals surface area contributed by atoms with Crippen molar-refractivity contribution in [2.75, 3.05) is 5.43 Å². The Kier molecular flexibility index (Phi) is 4.35. The van der Waals surface area contributed by atoms with E-state index >= 15 is 0 Å². The van der Waals surface area contributed by atoms with Crippen LogP contribution in [0, 0.1) is 0 Å². The Hall–Kier alpha value is -1.22. The second-order valence-electron chi connectivity index (χ2n) is 4.58. The number of hydrogen-bond acceptors (Lipinski definition) is 6. The molecule has 0 bridgehead atoms. The Labute approximate surface area is 112 Å². The van der Waals surface area contributed by atoms with E-state index in [1.165, 1.54) is 12.3 Å². The Morgan fingerprint density at radius 3 is 2.79 bits per heavy atom. The van der Waals surface area contributed by atoms with E-state index < -0.39 is 22.2 Å². The van der Waals surface area contributed by atoms with Crippen molar-refractivity contribution in [3.63, 3.8) is 0 Å². The molecule has 8 heteroatoms. The van der Waals surface area contributed by atoms with E-state index in [-0.39, 0.29) is 10.7 Å². The number of nitrogens with two attached hydrogens (primary N) is 1. The number of rotatable bonds is 4. The Balaban J connectivity index is 2.22. The number of nitrogens with one attached hydrogen (secondary N) is 2. The van der Waals surface area contributed by atoms with Crippen LogP contribution >= 0.6 is 0 Å². The maximum absolute atomic E-state index is 12.2. The lowest BCUT2D eigenvalue weighted by molar-refractivity contribution is 0.101. The molecule has 2 atom stereocenters. The fraction of sp³-hybridized carbons (Fsp3) is 0.545. The van der Waals surface area contributed by atoms with Gasteiger partial charge in [0.1, 0.15) is 0 Å². The fourth-order valence-electron chi connectivity index (χ4n) is 2.22. The van der Waals surface area contributed by atoms with E-state index in [4.69, 9.17) is 5.84 Å². The lowest BCUT2D eigenvalue weighted by atomic mass is 9.93. The van der Waals surface area contributed by atoms with Gasteiger partial charge in [-0.05, 0) is 25.0 Å². The third kappa shape index (κ3) is 3.21. The molecule has 0 aromatic carbocycles. The van der Waals surface area contributed by atoms with Crippen LogP contribution in [0.5, 0.6) is 0 Å². The van der Waals surface area contributed by atoms with Crippen LogP contribution in [0.3, 0.4) is 0 Å². The number of sulfonamides is 1. The summed E-state index contributed by atoms with van der Waals surface area (Å²) in [7, 11) is -3.80. The van der Waals surface area contributed by atoms with Gasteiger partial charge < -0.3 is 10.5 Å². The van der Waals surface area contributed by atoms with Crippen molar-refractivity contribution in [2.24, 2.45) is 5.84 Å². The predicted molar refractivity (Wildman–Crippen MR) is 70.6 cm³/mol. The van der Waals surface area contributed by atoms with E-state index in [1.807, 2.05) is 0 Å². The molecule has 2 unspecified atom stereocenters. The Bertz CT molecular complexity index is 534. The van der Waals surface area contributed by atoms with Gasteiger partial charge >= 0.3 is 0 Å². The van der Waals surface area contributed by atoms with Gasteiger partial charge in [-0.2, -0.15) is 0 Å². The van der Waals surface area contributed by atoms with Crippen molar-refractivity contribution in [3.8, 4) is 0 Å². The summed E-state index contributed by atoms with van der Waals surface area (Å²) in [6, 6.07) is 2.65. The fourth-order valence-corrected chi connectivity index (χ4v) is 3.62. The highest BCUT2D eigenvalue weighted by atomic mass is 32.2. The first-order chi connectivity index (χ1) is 9.04. The van der Waals surface area contributed by atoms with E-state index in [9.17, 15) is 13.5 Å². The van der Waals surface area contributed by atoms with E-state index in [2.05, 4.69) is 15.1 Å². The molecule has 0 aliphatic heterocycles. The standard InChI is InChI=1S/C11H18N4O3S/c12-14-9-5-3-7-13-11(9)19(17,18)15-8-4-1-2-6-10(8)16/h3,5,7-8,10,14-16H,1-2,4,6,12H2. The molecule has 2 rings (SSSR count). The zero-order chi connectivity index (χ0) is 13.9. The molecule has 1 saturated carbocycles. The molecular formula is C11H18N4O3S. The summed E-state index contributed by atoms with van der Waals surface area (Å²) in [4.78, 5) is 3.84. The van der Waals surface area contributed by atoms with Crippen LogP contribution < -0.4 is 16.0 Å². The number of aliphatic hydroxyl groups is 1. The number of hydrazine groups is 1. The van der Waals surface area contributed by atoms with Crippen molar-refractivity contribution in [3.05, 3.63) is 18.3 Å².